The highest BCUT2D eigenvalue weighted by atomic mass is 32.1. The van der Waals surface area contributed by atoms with E-state index in [0.717, 1.165) is 30.4 Å². The van der Waals surface area contributed by atoms with Crippen LogP contribution < -0.4 is 5.32 Å². The van der Waals surface area contributed by atoms with Crippen molar-refractivity contribution in [2.75, 3.05) is 25.1 Å². The van der Waals surface area contributed by atoms with Crippen molar-refractivity contribution in [3.8, 4) is 0 Å². The number of ether oxygens (including phenoxy) is 1. The zero-order chi connectivity index (χ0) is 10.2. The van der Waals surface area contributed by atoms with E-state index < -0.39 is 0 Å². The van der Waals surface area contributed by atoms with Gasteiger partial charge in [-0.3, -0.25) is 0 Å². The molecule has 0 radical (unpaired) electrons. The molecule has 1 N–H and O–H groups in total. The van der Waals surface area contributed by atoms with Gasteiger partial charge in [-0.15, -0.1) is 17.9 Å². The van der Waals surface area contributed by atoms with Gasteiger partial charge in [-0.2, -0.15) is 0 Å². The monoisotopic (exact) mass is 212 g/mol. The van der Waals surface area contributed by atoms with Crippen LogP contribution in [0.4, 0.5) is 5.13 Å². The lowest BCUT2D eigenvalue weighted by Crippen LogP contribution is -2.09. The number of rotatable bonds is 7. The van der Waals surface area contributed by atoms with Gasteiger partial charge in [-0.25, -0.2) is 4.98 Å². The molecule has 0 fully saturated rings. The van der Waals surface area contributed by atoms with Crippen LogP contribution in [-0.4, -0.2) is 24.7 Å². The molecule has 0 amide bonds. The maximum atomic E-state index is 5.35. The van der Waals surface area contributed by atoms with Crippen molar-refractivity contribution in [2.24, 2.45) is 0 Å². The van der Waals surface area contributed by atoms with Crippen molar-refractivity contribution in [3.63, 3.8) is 0 Å². The van der Waals surface area contributed by atoms with Gasteiger partial charge in [0, 0.05) is 11.9 Å². The Bertz CT molecular complexity index is 273. The van der Waals surface area contributed by atoms with Crippen molar-refractivity contribution < 1.29 is 4.74 Å². The summed E-state index contributed by atoms with van der Waals surface area (Å²) in [5.74, 6) is 0. The maximum absolute atomic E-state index is 5.35. The van der Waals surface area contributed by atoms with Gasteiger partial charge in [0.25, 0.3) is 0 Å². The third-order valence-electron chi connectivity index (χ3n) is 1.61. The van der Waals surface area contributed by atoms with Gasteiger partial charge >= 0.3 is 0 Å². The lowest BCUT2D eigenvalue weighted by atomic mass is 10.4. The molecule has 78 valence electrons. The van der Waals surface area contributed by atoms with E-state index in [0.29, 0.717) is 6.61 Å². The summed E-state index contributed by atoms with van der Waals surface area (Å²) in [6, 6.07) is 0. The van der Waals surface area contributed by atoms with Crippen LogP contribution in [0, 0.1) is 6.92 Å². The largest absolute Gasteiger partial charge is 0.379 e. The minimum Gasteiger partial charge on any atom is -0.379 e. The average Bonchev–Trinajstić information content (AvgIpc) is 2.58. The van der Waals surface area contributed by atoms with Crippen molar-refractivity contribution in [1.82, 2.24) is 4.98 Å². The van der Waals surface area contributed by atoms with Crippen molar-refractivity contribution in [3.05, 3.63) is 23.7 Å². The van der Waals surface area contributed by atoms with Crippen LogP contribution in [0.25, 0.3) is 0 Å². The first kappa shape index (κ1) is 11.2. The quantitative estimate of drug-likeness (QED) is 0.557. The SMILES string of the molecule is C=CCCOCCNc1nc(C)cs1. The first-order chi connectivity index (χ1) is 6.83. The molecule has 0 unspecified atom stereocenters. The Labute approximate surface area is 88.8 Å². The number of anilines is 1. The van der Waals surface area contributed by atoms with Crippen LogP contribution in [0.15, 0.2) is 18.0 Å². The number of thiazole rings is 1. The maximum Gasteiger partial charge on any atom is 0.182 e. The van der Waals surface area contributed by atoms with Gasteiger partial charge in [-0.05, 0) is 13.3 Å². The summed E-state index contributed by atoms with van der Waals surface area (Å²) in [5.41, 5.74) is 1.06. The predicted octanol–water partition coefficient (Wildman–Crippen LogP) is 2.46. The second-order valence-corrected chi connectivity index (χ2v) is 3.77. The average molecular weight is 212 g/mol. The van der Waals surface area contributed by atoms with E-state index in [-0.39, 0.29) is 0 Å². The molecule has 0 aliphatic heterocycles. The number of hydrogen-bond acceptors (Lipinski definition) is 4. The molecule has 1 aromatic heterocycles. The van der Waals surface area contributed by atoms with E-state index in [2.05, 4.69) is 16.9 Å². The lowest BCUT2D eigenvalue weighted by molar-refractivity contribution is 0.149. The fourth-order valence-corrected chi connectivity index (χ4v) is 1.65. The molecule has 1 aromatic rings. The molecule has 0 saturated heterocycles. The standard InChI is InChI=1S/C10H16N2OS/c1-3-4-6-13-7-5-11-10-12-9(2)8-14-10/h3,8H,1,4-7H2,2H3,(H,11,12). The molecule has 14 heavy (non-hydrogen) atoms. The Morgan fingerprint density at radius 1 is 1.64 bits per heavy atom. The molecule has 0 aliphatic rings. The van der Waals surface area contributed by atoms with Crippen LogP contribution in [0.3, 0.4) is 0 Å². The lowest BCUT2D eigenvalue weighted by Gasteiger charge is -2.03. The predicted molar refractivity (Wildman–Crippen MR) is 61.0 cm³/mol. The van der Waals surface area contributed by atoms with Gasteiger partial charge < -0.3 is 10.1 Å². The van der Waals surface area contributed by atoms with Gasteiger partial charge in [0.05, 0.1) is 18.9 Å². The van der Waals surface area contributed by atoms with Gasteiger partial charge in [0.2, 0.25) is 0 Å². The molecule has 0 aliphatic carbocycles. The minimum absolute atomic E-state index is 0.715. The number of nitrogens with zero attached hydrogens (tertiary/aromatic N) is 1. The van der Waals surface area contributed by atoms with E-state index in [1.807, 2.05) is 18.4 Å². The smallest absolute Gasteiger partial charge is 0.182 e. The van der Waals surface area contributed by atoms with E-state index in [1.165, 1.54) is 0 Å². The summed E-state index contributed by atoms with van der Waals surface area (Å²) < 4.78 is 5.35. The van der Waals surface area contributed by atoms with Crippen LogP contribution >= 0.6 is 11.3 Å². The molecule has 0 saturated carbocycles. The molecule has 0 bridgehead atoms. The fraction of sp³-hybridized carbons (Fsp3) is 0.500. The van der Waals surface area contributed by atoms with Crippen molar-refractivity contribution in [2.45, 2.75) is 13.3 Å². The van der Waals surface area contributed by atoms with Crippen molar-refractivity contribution in [1.29, 1.82) is 0 Å². The van der Waals surface area contributed by atoms with Gasteiger partial charge in [-0.1, -0.05) is 6.08 Å². The van der Waals surface area contributed by atoms with E-state index in [9.17, 15) is 0 Å². The molecule has 3 nitrogen and oxygen atoms in total. The molecule has 0 aromatic carbocycles. The molecule has 4 heteroatoms. The summed E-state index contributed by atoms with van der Waals surface area (Å²) in [6.07, 6.45) is 2.77. The highest BCUT2D eigenvalue weighted by molar-refractivity contribution is 7.13. The highest BCUT2D eigenvalue weighted by Gasteiger charge is 1.95. The van der Waals surface area contributed by atoms with Crippen LogP contribution in [0.5, 0.6) is 0 Å². The first-order valence-electron chi connectivity index (χ1n) is 4.67. The summed E-state index contributed by atoms with van der Waals surface area (Å²) in [6.45, 7) is 7.89. The van der Waals surface area contributed by atoms with E-state index in [1.54, 1.807) is 11.3 Å². The molecular weight excluding hydrogens is 196 g/mol. The summed E-state index contributed by atoms with van der Waals surface area (Å²) >= 11 is 1.62. The summed E-state index contributed by atoms with van der Waals surface area (Å²) in [5, 5.41) is 6.20. The normalized spacial score (nSPS) is 10.1. The molecule has 1 heterocycles. The number of nitrogens with one attached hydrogen (secondary N) is 1. The molecule has 1 rings (SSSR count). The Morgan fingerprint density at radius 3 is 3.14 bits per heavy atom. The first-order valence-corrected chi connectivity index (χ1v) is 5.55. The third kappa shape index (κ3) is 4.39. The summed E-state index contributed by atoms with van der Waals surface area (Å²) in [4.78, 5) is 4.28. The topological polar surface area (TPSA) is 34.1 Å². The van der Waals surface area contributed by atoms with Crippen molar-refractivity contribution >= 4 is 16.5 Å². The third-order valence-corrected chi connectivity index (χ3v) is 2.53. The second-order valence-electron chi connectivity index (χ2n) is 2.91. The van der Waals surface area contributed by atoms with Gasteiger partial charge in [0.15, 0.2) is 5.13 Å². The molecular formula is C10H16N2OS. The fourth-order valence-electron chi connectivity index (χ4n) is 0.934. The highest BCUT2D eigenvalue weighted by Crippen LogP contribution is 2.13. The van der Waals surface area contributed by atoms with Crippen LogP contribution in [0.1, 0.15) is 12.1 Å². The number of aromatic nitrogens is 1. The van der Waals surface area contributed by atoms with Crippen LogP contribution in [-0.2, 0) is 4.74 Å². The Hall–Kier alpha value is -0.870. The number of aryl methyl sites for hydroxylation is 1. The van der Waals surface area contributed by atoms with E-state index >= 15 is 0 Å². The Kier molecular flexibility index (Phi) is 5.25. The Morgan fingerprint density at radius 2 is 2.50 bits per heavy atom. The van der Waals surface area contributed by atoms with Gasteiger partial charge in [0.1, 0.15) is 0 Å². The van der Waals surface area contributed by atoms with Crippen LogP contribution in [0.2, 0.25) is 0 Å². The second kappa shape index (κ2) is 6.56. The molecule has 0 atom stereocenters. The number of hydrogen-bond donors (Lipinski definition) is 1. The zero-order valence-corrected chi connectivity index (χ0v) is 9.27. The molecule has 0 spiro atoms. The summed E-state index contributed by atoms with van der Waals surface area (Å²) in [7, 11) is 0. The Balaban J connectivity index is 2.01. The zero-order valence-electron chi connectivity index (χ0n) is 8.45. The van der Waals surface area contributed by atoms with E-state index in [4.69, 9.17) is 4.74 Å². The minimum atomic E-state index is 0.715.